The highest BCUT2D eigenvalue weighted by atomic mass is 32.1. The van der Waals surface area contributed by atoms with Crippen LogP contribution in [0, 0.1) is 18.6 Å². The van der Waals surface area contributed by atoms with Crippen molar-refractivity contribution in [3.8, 4) is 17.0 Å². The zero-order chi connectivity index (χ0) is 12.6. The van der Waals surface area contributed by atoms with E-state index in [0.29, 0.717) is 4.88 Å². The second-order valence-corrected chi connectivity index (χ2v) is 4.66. The molecule has 0 saturated heterocycles. The van der Waals surface area contributed by atoms with Crippen LogP contribution >= 0.6 is 11.3 Å². The van der Waals surface area contributed by atoms with Crippen LogP contribution in [0.15, 0.2) is 12.1 Å². The monoisotopic (exact) mass is 256 g/mol. The number of nitrogens with two attached hydrogens (primary N) is 1. The Bertz CT molecular complexity index is 546. The zero-order valence-corrected chi connectivity index (χ0v) is 10.1. The van der Waals surface area contributed by atoms with Gasteiger partial charge in [-0.1, -0.05) is 0 Å². The van der Waals surface area contributed by atoms with Gasteiger partial charge in [-0.3, -0.25) is 0 Å². The predicted octanol–water partition coefficient (Wildman–Crippen LogP) is 2.99. The van der Waals surface area contributed by atoms with Crippen molar-refractivity contribution in [2.75, 3.05) is 12.8 Å². The number of hydrogen-bond acceptors (Lipinski definition) is 4. The van der Waals surface area contributed by atoms with Crippen molar-refractivity contribution in [3.63, 3.8) is 0 Å². The Morgan fingerprint density at radius 1 is 1.29 bits per heavy atom. The topological polar surface area (TPSA) is 48.1 Å². The van der Waals surface area contributed by atoms with Gasteiger partial charge >= 0.3 is 0 Å². The fourth-order valence-electron chi connectivity index (χ4n) is 1.54. The van der Waals surface area contributed by atoms with E-state index >= 15 is 0 Å². The first-order chi connectivity index (χ1) is 8.02. The van der Waals surface area contributed by atoms with Gasteiger partial charge in [0.05, 0.1) is 18.4 Å². The molecule has 0 bridgehead atoms. The number of nitrogen functional groups attached to an aromatic ring is 1. The number of ether oxygens (including phenoxy) is 1. The molecule has 0 aliphatic heterocycles. The van der Waals surface area contributed by atoms with Gasteiger partial charge in [0, 0.05) is 17.0 Å². The van der Waals surface area contributed by atoms with Crippen molar-refractivity contribution in [2.45, 2.75) is 6.92 Å². The first-order valence-electron chi connectivity index (χ1n) is 4.79. The van der Waals surface area contributed by atoms with Crippen LogP contribution in [0.25, 0.3) is 11.3 Å². The van der Waals surface area contributed by atoms with Crippen LogP contribution in [0.1, 0.15) is 4.88 Å². The molecule has 0 spiro atoms. The third kappa shape index (κ3) is 2.08. The van der Waals surface area contributed by atoms with Crippen LogP contribution in [0.3, 0.4) is 0 Å². The van der Waals surface area contributed by atoms with Crippen molar-refractivity contribution in [3.05, 3.63) is 28.6 Å². The summed E-state index contributed by atoms with van der Waals surface area (Å²) in [5.41, 5.74) is 5.58. The summed E-state index contributed by atoms with van der Waals surface area (Å²) in [4.78, 5) is 4.60. The van der Waals surface area contributed by atoms with Crippen LogP contribution in [0.4, 0.5) is 13.9 Å². The first kappa shape index (κ1) is 11.8. The summed E-state index contributed by atoms with van der Waals surface area (Å²) in [5.74, 6) is -1.30. The predicted molar refractivity (Wildman–Crippen MR) is 63.2 cm³/mol. The van der Waals surface area contributed by atoms with E-state index in [1.807, 2.05) is 0 Å². The summed E-state index contributed by atoms with van der Waals surface area (Å²) < 4.78 is 32.3. The maximum atomic E-state index is 13.8. The molecule has 2 aromatic rings. The van der Waals surface area contributed by atoms with Gasteiger partial charge in [-0.15, -0.1) is 11.3 Å². The number of anilines is 1. The summed E-state index contributed by atoms with van der Waals surface area (Å²) in [6.45, 7) is 1.71. The lowest BCUT2D eigenvalue weighted by molar-refractivity contribution is 0.407. The van der Waals surface area contributed by atoms with E-state index in [0.717, 1.165) is 12.1 Å². The van der Waals surface area contributed by atoms with Crippen molar-refractivity contribution in [1.82, 2.24) is 4.98 Å². The minimum Gasteiger partial charge on any atom is -0.497 e. The van der Waals surface area contributed by atoms with Gasteiger partial charge < -0.3 is 10.5 Å². The Labute approximate surface area is 101 Å². The van der Waals surface area contributed by atoms with E-state index < -0.39 is 11.6 Å². The van der Waals surface area contributed by atoms with Gasteiger partial charge in [0.25, 0.3) is 0 Å². The maximum absolute atomic E-state index is 13.8. The average Bonchev–Trinajstić information content (AvgIpc) is 2.57. The Morgan fingerprint density at radius 3 is 2.29 bits per heavy atom. The fourth-order valence-corrected chi connectivity index (χ4v) is 2.24. The van der Waals surface area contributed by atoms with Crippen molar-refractivity contribution in [1.29, 1.82) is 0 Å². The van der Waals surface area contributed by atoms with E-state index in [1.165, 1.54) is 18.4 Å². The molecule has 6 heteroatoms. The van der Waals surface area contributed by atoms with Gasteiger partial charge in [-0.2, -0.15) is 0 Å². The number of rotatable bonds is 2. The van der Waals surface area contributed by atoms with E-state index in [1.54, 1.807) is 6.92 Å². The molecule has 2 N–H and O–H groups in total. The van der Waals surface area contributed by atoms with Crippen molar-refractivity contribution in [2.24, 2.45) is 0 Å². The summed E-state index contributed by atoms with van der Waals surface area (Å²) in [6.07, 6.45) is 0. The number of methoxy groups -OCH3 is 1. The van der Waals surface area contributed by atoms with Gasteiger partial charge in [0.15, 0.2) is 5.13 Å². The van der Waals surface area contributed by atoms with Gasteiger partial charge in [0.2, 0.25) is 0 Å². The molecular weight excluding hydrogens is 246 g/mol. The van der Waals surface area contributed by atoms with Crippen molar-refractivity contribution < 1.29 is 13.5 Å². The lowest BCUT2D eigenvalue weighted by atomic mass is 10.1. The number of benzene rings is 1. The van der Waals surface area contributed by atoms with Gasteiger partial charge in [-0.25, -0.2) is 13.8 Å². The molecule has 0 aliphatic carbocycles. The number of nitrogens with zero attached hydrogens (tertiary/aromatic N) is 1. The van der Waals surface area contributed by atoms with Crippen LogP contribution in [0.2, 0.25) is 0 Å². The molecule has 0 saturated carbocycles. The minimum atomic E-state index is -0.713. The summed E-state index contributed by atoms with van der Waals surface area (Å²) in [7, 11) is 1.35. The molecule has 2 rings (SSSR count). The second kappa shape index (κ2) is 4.29. The maximum Gasteiger partial charge on any atom is 0.180 e. The van der Waals surface area contributed by atoms with Crippen LogP contribution < -0.4 is 10.5 Å². The lowest BCUT2D eigenvalue weighted by Crippen LogP contribution is -1.95. The third-order valence-electron chi connectivity index (χ3n) is 2.30. The largest absolute Gasteiger partial charge is 0.497 e. The third-order valence-corrected chi connectivity index (χ3v) is 3.10. The standard InChI is InChI=1S/C11H10F2N2OS/c1-5-10(15-11(14)17-5)9-7(12)3-6(16-2)4-8(9)13/h3-4H,1-2H3,(H2,14,15). The molecule has 0 atom stereocenters. The molecule has 0 unspecified atom stereocenters. The first-order valence-corrected chi connectivity index (χ1v) is 5.61. The van der Waals surface area contributed by atoms with Crippen LogP contribution in [0.5, 0.6) is 5.75 Å². The zero-order valence-electron chi connectivity index (χ0n) is 9.25. The highest BCUT2D eigenvalue weighted by Gasteiger charge is 2.18. The van der Waals surface area contributed by atoms with Crippen molar-refractivity contribution >= 4 is 16.5 Å². The van der Waals surface area contributed by atoms with E-state index in [-0.39, 0.29) is 22.1 Å². The molecule has 1 aromatic heterocycles. The molecular formula is C11H10F2N2OS. The number of thiazole rings is 1. The summed E-state index contributed by atoms with van der Waals surface area (Å²) >= 11 is 1.19. The average molecular weight is 256 g/mol. The number of halogens is 2. The highest BCUT2D eigenvalue weighted by Crippen LogP contribution is 2.34. The molecule has 0 aliphatic rings. The van der Waals surface area contributed by atoms with Crippen LogP contribution in [-0.4, -0.2) is 12.1 Å². The van der Waals surface area contributed by atoms with E-state index in [9.17, 15) is 8.78 Å². The van der Waals surface area contributed by atoms with Gasteiger partial charge in [-0.05, 0) is 6.92 Å². The molecule has 1 heterocycles. The molecule has 90 valence electrons. The number of hydrogen-bond donors (Lipinski definition) is 1. The summed E-state index contributed by atoms with van der Waals surface area (Å²) in [6, 6.07) is 2.24. The molecule has 0 fully saturated rings. The van der Waals surface area contributed by atoms with E-state index in [4.69, 9.17) is 10.5 Å². The number of aryl methyl sites for hydroxylation is 1. The number of aromatic nitrogens is 1. The second-order valence-electron chi connectivity index (χ2n) is 3.42. The summed E-state index contributed by atoms with van der Waals surface area (Å²) in [5, 5.41) is 0.284. The normalized spacial score (nSPS) is 10.6. The fraction of sp³-hybridized carbons (Fsp3) is 0.182. The minimum absolute atomic E-state index is 0.129. The highest BCUT2D eigenvalue weighted by molar-refractivity contribution is 7.15. The smallest absolute Gasteiger partial charge is 0.180 e. The Kier molecular flexibility index (Phi) is 2.97. The lowest BCUT2D eigenvalue weighted by Gasteiger charge is -2.06. The molecule has 3 nitrogen and oxygen atoms in total. The van der Waals surface area contributed by atoms with Crippen LogP contribution in [-0.2, 0) is 0 Å². The quantitative estimate of drug-likeness (QED) is 0.898. The molecule has 0 radical (unpaired) electrons. The van der Waals surface area contributed by atoms with Gasteiger partial charge in [0.1, 0.15) is 17.4 Å². The SMILES string of the molecule is COc1cc(F)c(-c2nc(N)sc2C)c(F)c1. The Hall–Kier alpha value is -1.69. The van der Waals surface area contributed by atoms with E-state index in [2.05, 4.69) is 4.98 Å². The molecule has 17 heavy (non-hydrogen) atoms. The Balaban J connectivity index is 2.63. The molecule has 0 amide bonds. The Morgan fingerprint density at radius 2 is 1.88 bits per heavy atom. The molecule has 1 aromatic carbocycles.